The van der Waals surface area contributed by atoms with Gasteiger partial charge < -0.3 is 9.36 Å². The largest absolute Gasteiger partial charge is 0.304 e. The lowest BCUT2D eigenvalue weighted by Gasteiger charge is -2.28. The molecule has 1 aromatic rings. The third kappa shape index (κ3) is 3.03. The van der Waals surface area contributed by atoms with Gasteiger partial charge in [0.15, 0.2) is 0 Å². The Bertz CT molecular complexity index is 486. The number of aldehydes is 1. The van der Waals surface area contributed by atoms with E-state index < -0.39 is 5.54 Å². The second-order valence-electron chi connectivity index (χ2n) is 4.08. The summed E-state index contributed by atoms with van der Waals surface area (Å²) in [5, 5.41) is 7.85. The van der Waals surface area contributed by atoms with Gasteiger partial charge in [0.1, 0.15) is 11.8 Å². The molecule has 1 aromatic heterocycles. The van der Waals surface area contributed by atoms with Crippen LogP contribution in [0.5, 0.6) is 0 Å². The molecule has 0 bridgehead atoms. The SMILES string of the molecule is C/C=C/CC(C=O)(C/C=C/C)n1cccnc1=N. The fourth-order valence-electron chi connectivity index (χ4n) is 1.81. The fourth-order valence-corrected chi connectivity index (χ4v) is 1.81. The van der Waals surface area contributed by atoms with Crippen LogP contribution in [0.25, 0.3) is 0 Å². The fraction of sp³-hybridized carbons (Fsp3) is 0.357. The van der Waals surface area contributed by atoms with Crippen molar-refractivity contribution < 1.29 is 4.79 Å². The van der Waals surface area contributed by atoms with E-state index in [1.54, 1.807) is 23.0 Å². The molecule has 0 atom stereocenters. The summed E-state index contributed by atoms with van der Waals surface area (Å²) in [5.74, 6) is 0. The van der Waals surface area contributed by atoms with E-state index in [4.69, 9.17) is 5.41 Å². The second kappa shape index (κ2) is 6.69. The molecule has 4 heteroatoms. The van der Waals surface area contributed by atoms with Crippen molar-refractivity contribution in [1.82, 2.24) is 9.55 Å². The summed E-state index contributed by atoms with van der Waals surface area (Å²) in [5.41, 5.74) is -0.664. The van der Waals surface area contributed by atoms with Gasteiger partial charge in [0.2, 0.25) is 5.62 Å². The Morgan fingerprint density at radius 1 is 1.33 bits per heavy atom. The maximum atomic E-state index is 11.6. The molecule has 1 N–H and O–H groups in total. The molecule has 1 rings (SSSR count). The number of nitrogens with one attached hydrogen (secondary N) is 1. The molecule has 0 saturated heterocycles. The highest BCUT2D eigenvalue weighted by atomic mass is 16.1. The first kappa shape index (κ1) is 14.1. The zero-order valence-electron chi connectivity index (χ0n) is 10.8. The molecule has 4 nitrogen and oxygen atoms in total. The maximum absolute atomic E-state index is 11.6. The molecule has 0 amide bonds. The summed E-state index contributed by atoms with van der Waals surface area (Å²) >= 11 is 0. The topological polar surface area (TPSA) is 58.7 Å². The van der Waals surface area contributed by atoms with Crippen molar-refractivity contribution in [2.75, 3.05) is 0 Å². The molecular formula is C14H19N3O. The number of nitrogens with zero attached hydrogens (tertiary/aromatic N) is 2. The molecule has 0 aromatic carbocycles. The number of allylic oxidation sites excluding steroid dienone is 4. The number of aromatic nitrogens is 2. The third-order valence-electron chi connectivity index (χ3n) is 2.86. The summed E-state index contributed by atoms with van der Waals surface area (Å²) in [7, 11) is 0. The van der Waals surface area contributed by atoms with Crippen LogP contribution in [0, 0.1) is 5.41 Å². The van der Waals surface area contributed by atoms with Crippen LogP contribution in [0.4, 0.5) is 0 Å². The van der Waals surface area contributed by atoms with Gasteiger partial charge in [-0.05, 0) is 32.8 Å². The van der Waals surface area contributed by atoms with Gasteiger partial charge in [0.05, 0.1) is 0 Å². The molecule has 0 saturated carbocycles. The highest BCUT2D eigenvalue weighted by Gasteiger charge is 2.29. The first-order valence-electron chi connectivity index (χ1n) is 5.97. The minimum atomic E-state index is -0.760. The lowest BCUT2D eigenvalue weighted by Crippen LogP contribution is -2.42. The van der Waals surface area contributed by atoms with Crippen LogP contribution in [0.15, 0.2) is 42.8 Å². The Morgan fingerprint density at radius 2 is 1.94 bits per heavy atom. The Balaban J connectivity index is 3.29. The van der Waals surface area contributed by atoms with Crippen molar-refractivity contribution in [3.05, 3.63) is 48.4 Å². The van der Waals surface area contributed by atoms with Crippen LogP contribution in [-0.4, -0.2) is 15.8 Å². The summed E-state index contributed by atoms with van der Waals surface area (Å²) in [6.45, 7) is 3.83. The average molecular weight is 245 g/mol. The van der Waals surface area contributed by atoms with Crippen LogP contribution in [-0.2, 0) is 10.3 Å². The van der Waals surface area contributed by atoms with Crippen molar-refractivity contribution in [2.24, 2.45) is 0 Å². The first-order valence-corrected chi connectivity index (χ1v) is 5.97. The maximum Gasteiger partial charge on any atom is 0.222 e. The second-order valence-corrected chi connectivity index (χ2v) is 4.08. The van der Waals surface area contributed by atoms with Crippen molar-refractivity contribution in [2.45, 2.75) is 32.2 Å². The minimum absolute atomic E-state index is 0.0959. The monoisotopic (exact) mass is 245 g/mol. The van der Waals surface area contributed by atoms with Gasteiger partial charge in [-0.15, -0.1) is 0 Å². The predicted octanol–water partition coefficient (Wildman–Crippen LogP) is 2.19. The van der Waals surface area contributed by atoms with Gasteiger partial charge in [-0.2, -0.15) is 0 Å². The number of carbonyl (C=O) groups excluding carboxylic acids is 1. The quantitative estimate of drug-likeness (QED) is 0.617. The van der Waals surface area contributed by atoms with Crippen molar-refractivity contribution >= 4 is 6.29 Å². The summed E-state index contributed by atoms with van der Waals surface area (Å²) in [6.07, 6.45) is 13.0. The minimum Gasteiger partial charge on any atom is -0.304 e. The molecule has 18 heavy (non-hydrogen) atoms. The molecule has 0 unspecified atom stereocenters. The van der Waals surface area contributed by atoms with Gasteiger partial charge in [0, 0.05) is 12.4 Å². The number of hydrogen-bond donors (Lipinski definition) is 1. The van der Waals surface area contributed by atoms with E-state index in [9.17, 15) is 4.79 Å². The smallest absolute Gasteiger partial charge is 0.222 e. The van der Waals surface area contributed by atoms with Crippen molar-refractivity contribution in [1.29, 1.82) is 5.41 Å². The highest BCUT2D eigenvalue weighted by molar-refractivity contribution is 5.62. The normalized spacial score (nSPS) is 12.3. The molecule has 0 fully saturated rings. The molecular weight excluding hydrogens is 226 g/mol. The molecule has 1 heterocycles. The Hall–Kier alpha value is -1.97. The Morgan fingerprint density at radius 3 is 2.39 bits per heavy atom. The lowest BCUT2D eigenvalue weighted by molar-refractivity contribution is -0.115. The van der Waals surface area contributed by atoms with E-state index in [1.807, 2.05) is 38.2 Å². The summed E-state index contributed by atoms with van der Waals surface area (Å²) < 4.78 is 1.62. The molecule has 0 aliphatic carbocycles. The van der Waals surface area contributed by atoms with Gasteiger partial charge in [-0.25, -0.2) is 4.98 Å². The Labute approximate surface area is 107 Å². The van der Waals surface area contributed by atoms with Crippen LogP contribution >= 0.6 is 0 Å². The number of rotatable bonds is 6. The third-order valence-corrected chi connectivity index (χ3v) is 2.86. The molecule has 0 aliphatic rings. The summed E-state index contributed by atoms with van der Waals surface area (Å²) in [4.78, 5) is 15.5. The molecule has 0 aliphatic heterocycles. The standard InChI is InChI=1S/C14H19N3O/c1-3-5-8-14(12-18,9-6-4-2)17-11-7-10-16-13(17)15/h3-7,10-12,15H,8-9H2,1-2H3/b5-3+,6-4+,15-13?. The van der Waals surface area contributed by atoms with Crippen LogP contribution in [0.1, 0.15) is 26.7 Å². The zero-order chi connectivity index (χ0) is 13.4. The van der Waals surface area contributed by atoms with Crippen LogP contribution in [0.3, 0.4) is 0 Å². The lowest BCUT2D eigenvalue weighted by atomic mass is 9.91. The van der Waals surface area contributed by atoms with Gasteiger partial charge >= 0.3 is 0 Å². The average Bonchev–Trinajstić information content (AvgIpc) is 2.41. The van der Waals surface area contributed by atoms with E-state index in [1.165, 1.54) is 0 Å². The van der Waals surface area contributed by atoms with Gasteiger partial charge in [-0.1, -0.05) is 24.3 Å². The predicted molar refractivity (Wildman–Crippen MR) is 71.0 cm³/mol. The van der Waals surface area contributed by atoms with Crippen LogP contribution < -0.4 is 5.62 Å². The molecule has 96 valence electrons. The Kier molecular flexibility index (Phi) is 5.24. The van der Waals surface area contributed by atoms with E-state index in [-0.39, 0.29) is 5.62 Å². The van der Waals surface area contributed by atoms with Crippen molar-refractivity contribution in [3.8, 4) is 0 Å². The summed E-state index contributed by atoms with van der Waals surface area (Å²) in [6, 6.07) is 1.74. The van der Waals surface area contributed by atoms with E-state index in [0.717, 1.165) is 6.29 Å². The van der Waals surface area contributed by atoms with E-state index in [2.05, 4.69) is 4.98 Å². The zero-order valence-corrected chi connectivity index (χ0v) is 10.8. The van der Waals surface area contributed by atoms with Crippen LogP contribution in [0.2, 0.25) is 0 Å². The number of hydrogen-bond acceptors (Lipinski definition) is 3. The molecule has 0 spiro atoms. The van der Waals surface area contributed by atoms with Gasteiger partial charge in [-0.3, -0.25) is 5.41 Å². The van der Waals surface area contributed by atoms with E-state index >= 15 is 0 Å². The van der Waals surface area contributed by atoms with Gasteiger partial charge in [0.25, 0.3) is 0 Å². The molecule has 0 radical (unpaired) electrons. The number of carbonyl (C=O) groups is 1. The highest BCUT2D eigenvalue weighted by Crippen LogP contribution is 2.22. The van der Waals surface area contributed by atoms with E-state index in [0.29, 0.717) is 12.8 Å². The van der Waals surface area contributed by atoms with Crippen molar-refractivity contribution in [3.63, 3.8) is 0 Å². The first-order chi connectivity index (χ1) is 8.70.